The number of esters is 1. The standard InChI is InChI=1S/C26H11F5O7S/c27-19-20(28)22(30)24(23(31)21(19)29)39(34,35)38-12-6-8-16-18(10-12)36-17-9-11(32)5-7-15(17)26(16)14-4-2-1-3-13(14)25(33)37-26/h1-10,32H/t26-/m1/s1. The number of fused-ring (bicyclic) bond motifs is 6. The summed E-state index contributed by atoms with van der Waals surface area (Å²) in [5.41, 5.74) is -0.426. The molecule has 4 aromatic rings. The molecular weight excluding hydrogens is 551 g/mol. The summed E-state index contributed by atoms with van der Waals surface area (Å²) in [5.74, 6) is -14.3. The molecule has 1 spiro atoms. The number of carbonyl (C=O) groups is 1. The molecule has 0 bridgehead atoms. The van der Waals surface area contributed by atoms with Crippen LogP contribution in [0.25, 0.3) is 0 Å². The number of benzene rings is 4. The summed E-state index contributed by atoms with van der Waals surface area (Å²) in [5, 5.41) is 10.0. The van der Waals surface area contributed by atoms with Crippen LogP contribution in [0, 0.1) is 29.1 Å². The maximum absolute atomic E-state index is 14.2. The second kappa shape index (κ2) is 8.17. The van der Waals surface area contributed by atoms with E-state index in [1.165, 1.54) is 30.3 Å². The second-order valence-electron chi connectivity index (χ2n) is 8.49. The van der Waals surface area contributed by atoms with Crippen LogP contribution in [0.2, 0.25) is 0 Å². The average molecular weight is 562 g/mol. The van der Waals surface area contributed by atoms with Gasteiger partial charge in [0.25, 0.3) is 0 Å². The lowest BCUT2D eigenvalue weighted by Crippen LogP contribution is -2.33. The van der Waals surface area contributed by atoms with Crippen LogP contribution < -0.4 is 8.92 Å². The van der Waals surface area contributed by atoms with Gasteiger partial charge in [0.2, 0.25) is 5.82 Å². The zero-order valence-corrected chi connectivity index (χ0v) is 19.8. The number of rotatable bonds is 3. The van der Waals surface area contributed by atoms with Crippen LogP contribution in [0.4, 0.5) is 22.0 Å². The first-order chi connectivity index (χ1) is 18.5. The topological polar surface area (TPSA) is 99.1 Å². The number of carbonyl (C=O) groups excluding carboxylic acids is 1. The van der Waals surface area contributed by atoms with Crippen molar-refractivity contribution in [3.05, 3.63) is 112 Å². The minimum absolute atomic E-state index is 0.0202. The Hall–Kier alpha value is -4.65. The third-order valence-corrected chi connectivity index (χ3v) is 7.56. The second-order valence-corrected chi connectivity index (χ2v) is 9.98. The quantitative estimate of drug-likeness (QED) is 0.117. The monoisotopic (exact) mass is 562 g/mol. The van der Waals surface area contributed by atoms with Crippen molar-refractivity contribution >= 4 is 16.1 Å². The smallest absolute Gasteiger partial charge is 0.345 e. The van der Waals surface area contributed by atoms with Gasteiger partial charge in [-0.05, 0) is 30.3 Å². The van der Waals surface area contributed by atoms with Gasteiger partial charge in [-0.2, -0.15) is 8.42 Å². The maximum atomic E-state index is 14.2. The van der Waals surface area contributed by atoms with Gasteiger partial charge in [-0.3, -0.25) is 0 Å². The molecule has 0 saturated carbocycles. The molecule has 0 aliphatic carbocycles. The first-order valence-corrected chi connectivity index (χ1v) is 12.3. The number of hydrogen-bond donors (Lipinski definition) is 1. The van der Waals surface area contributed by atoms with Crippen molar-refractivity contribution in [3.63, 3.8) is 0 Å². The molecule has 0 radical (unpaired) electrons. The Morgan fingerprint density at radius 1 is 0.744 bits per heavy atom. The molecule has 2 aliphatic rings. The van der Waals surface area contributed by atoms with Gasteiger partial charge < -0.3 is 18.8 Å². The minimum atomic E-state index is -5.59. The normalized spacial score (nSPS) is 17.2. The predicted octanol–water partition coefficient (Wildman–Crippen LogP) is 5.42. The lowest BCUT2D eigenvalue weighted by Gasteiger charge is -2.36. The molecule has 0 unspecified atom stereocenters. The molecule has 7 nitrogen and oxygen atoms in total. The SMILES string of the molecule is O=C1O[C@@]2(c3ccc(O)cc3Oc3cc(OS(=O)(=O)c4c(F)c(F)c(F)c(F)c4F)ccc32)c2ccccc21. The number of phenolic OH excluding ortho intramolecular Hbond substituents is 1. The van der Waals surface area contributed by atoms with Crippen molar-refractivity contribution in [3.8, 4) is 23.0 Å². The molecule has 2 aliphatic heterocycles. The number of aromatic hydroxyl groups is 1. The summed E-state index contributed by atoms with van der Waals surface area (Å²) in [6, 6.07) is 13.7. The highest BCUT2D eigenvalue weighted by Gasteiger charge is 2.53. The van der Waals surface area contributed by atoms with Gasteiger partial charge >= 0.3 is 16.1 Å². The Morgan fingerprint density at radius 3 is 2.03 bits per heavy atom. The fraction of sp³-hybridized carbons (Fsp3) is 0.0385. The molecule has 1 N–H and O–H groups in total. The average Bonchev–Trinajstić information content (AvgIpc) is 3.18. The third-order valence-electron chi connectivity index (χ3n) is 6.29. The van der Waals surface area contributed by atoms with E-state index in [0.717, 1.165) is 12.1 Å². The molecule has 0 aromatic heterocycles. The Kier molecular flexibility index (Phi) is 5.17. The van der Waals surface area contributed by atoms with E-state index >= 15 is 0 Å². The Bertz CT molecular complexity index is 1830. The highest BCUT2D eigenvalue weighted by molar-refractivity contribution is 7.87. The van der Waals surface area contributed by atoms with Gasteiger partial charge in [-0.1, -0.05) is 18.2 Å². The van der Waals surface area contributed by atoms with Crippen LogP contribution in [0.3, 0.4) is 0 Å². The first-order valence-electron chi connectivity index (χ1n) is 10.9. The van der Waals surface area contributed by atoms with E-state index in [-0.39, 0.29) is 28.4 Å². The van der Waals surface area contributed by atoms with Crippen LogP contribution in [0.5, 0.6) is 23.0 Å². The molecular formula is C26H11F5O7S. The number of hydrogen-bond acceptors (Lipinski definition) is 7. The van der Waals surface area contributed by atoms with Crippen LogP contribution in [0.15, 0.2) is 65.6 Å². The molecule has 0 fully saturated rings. The van der Waals surface area contributed by atoms with Crippen molar-refractivity contribution in [1.82, 2.24) is 0 Å². The van der Waals surface area contributed by atoms with E-state index in [2.05, 4.69) is 0 Å². The van der Waals surface area contributed by atoms with Gasteiger partial charge in [0.05, 0.1) is 5.56 Å². The van der Waals surface area contributed by atoms with E-state index < -0.39 is 61.4 Å². The maximum Gasteiger partial charge on any atom is 0.345 e. The fourth-order valence-electron chi connectivity index (χ4n) is 4.67. The van der Waals surface area contributed by atoms with E-state index in [4.69, 9.17) is 13.7 Å². The Labute approximate surface area is 215 Å². The summed E-state index contributed by atoms with van der Waals surface area (Å²) in [6.07, 6.45) is 0. The van der Waals surface area contributed by atoms with Crippen LogP contribution >= 0.6 is 0 Å². The summed E-state index contributed by atoms with van der Waals surface area (Å²) in [4.78, 5) is 10.6. The molecule has 13 heteroatoms. The molecule has 1 atom stereocenters. The number of halogens is 5. The molecule has 6 rings (SSSR count). The van der Waals surface area contributed by atoms with Gasteiger partial charge in [0, 0.05) is 28.8 Å². The lowest BCUT2D eigenvalue weighted by molar-refractivity contribution is 0.0224. The fourth-order valence-corrected chi connectivity index (χ4v) is 5.73. The minimum Gasteiger partial charge on any atom is -0.508 e. The van der Waals surface area contributed by atoms with E-state index in [0.29, 0.717) is 11.1 Å². The summed E-state index contributed by atoms with van der Waals surface area (Å²) < 4.78 is 111. The Balaban J connectivity index is 1.50. The summed E-state index contributed by atoms with van der Waals surface area (Å²) in [6.45, 7) is 0. The van der Waals surface area contributed by atoms with E-state index in [1.54, 1.807) is 18.2 Å². The molecule has 0 amide bonds. The lowest BCUT2D eigenvalue weighted by atomic mass is 9.77. The van der Waals surface area contributed by atoms with Crippen LogP contribution in [-0.4, -0.2) is 19.5 Å². The molecule has 4 aromatic carbocycles. The predicted molar refractivity (Wildman–Crippen MR) is 120 cm³/mol. The van der Waals surface area contributed by atoms with Gasteiger partial charge in [-0.25, -0.2) is 26.7 Å². The van der Waals surface area contributed by atoms with Crippen LogP contribution in [-0.2, 0) is 20.5 Å². The largest absolute Gasteiger partial charge is 0.508 e. The number of phenols is 1. The Morgan fingerprint density at radius 2 is 1.33 bits per heavy atom. The van der Waals surface area contributed by atoms with Gasteiger partial charge in [0.15, 0.2) is 33.8 Å². The van der Waals surface area contributed by atoms with Crippen molar-refractivity contribution in [2.45, 2.75) is 10.5 Å². The third kappa shape index (κ3) is 3.39. The van der Waals surface area contributed by atoms with Crippen molar-refractivity contribution < 1.29 is 53.9 Å². The van der Waals surface area contributed by atoms with Crippen molar-refractivity contribution in [1.29, 1.82) is 0 Å². The highest BCUT2D eigenvalue weighted by atomic mass is 32.2. The molecule has 198 valence electrons. The number of ether oxygens (including phenoxy) is 2. The van der Waals surface area contributed by atoms with Crippen molar-refractivity contribution in [2.24, 2.45) is 0 Å². The first kappa shape index (κ1) is 24.7. The molecule has 0 saturated heterocycles. The van der Waals surface area contributed by atoms with Gasteiger partial charge in [0.1, 0.15) is 23.0 Å². The summed E-state index contributed by atoms with van der Waals surface area (Å²) >= 11 is 0. The zero-order valence-electron chi connectivity index (χ0n) is 19.0. The zero-order chi connectivity index (χ0) is 27.9. The van der Waals surface area contributed by atoms with Crippen LogP contribution in [0.1, 0.15) is 27.0 Å². The highest BCUT2D eigenvalue weighted by Crippen LogP contribution is 2.57. The molecule has 39 heavy (non-hydrogen) atoms. The van der Waals surface area contributed by atoms with Gasteiger partial charge in [-0.15, -0.1) is 0 Å². The van der Waals surface area contributed by atoms with E-state index in [1.807, 2.05) is 0 Å². The van der Waals surface area contributed by atoms with E-state index in [9.17, 15) is 40.3 Å². The summed E-state index contributed by atoms with van der Waals surface area (Å²) in [7, 11) is -5.59. The molecule has 2 heterocycles. The van der Waals surface area contributed by atoms with Crippen molar-refractivity contribution in [2.75, 3.05) is 0 Å².